The van der Waals surface area contributed by atoms with Gasteiger partial charge in [-0.25, -0.2) is 4.98 Å². The minimum Gasteiger partial charge on any atom is -0.388 e. The molecule has 1 saturated carbocycles. The first-order chi connectivity index (χ1) is 9.78. The second-order valence-electron chi connectivity index (χ2n) is 5.31. The number of rotatable bonds is 4. The second kappa shape index (κ2) is 5.63. The molecule has 3 rings (SSSR count). The summed E-state index contributed by atoms with van der Waals surface area (Å²) in [6.45, 7) is 0.0539. The summed E-state index contributed by atoms with van der Waals surface area (Å²) in [5.41, 5.74) is 1.70. The molecule has 2 N–H and O–H groups in total. The summed E-state index contributed by atoms with van der Waals surface area (Å²) in [4.78, 5) is 16.5. The minimum absolute atomic E-state index is 0.00486. The van der Waals surface area contributed by atoms with E-state index < -0.39 is 0 Å². The highest BCUT2D eigenvalue weighted by Crippen LogP contribution is 2.18. The van der Waals surface area contributed by atoms with E-state index in [1.54, 1.807) is 4.57 Å². The van der Waals surface area contributed by atoms with E-state index in [9.17, 15) is 9.90 Å². The van der Waals surface area contributed by atoms with Gasteiger partial charge in [0.25, 0.3) is 0 Å². The maximum atomic E-state index is 12.1. The van der Waals surface area contributed by atoms with Crippen molar-refractivity contribution in [1.82, 2.24) is 14.9 Å². The lowest BCUT2D eigenvalue weighted by molar-refractivity contribution is -0.122. The molecule has 0 saturated heterocycles. The van der Waals surface area contributed by atoms with E-state index in [4.69, 9.17) is 0 Å². The highest BCUT2D eigenvalue weighted by molar-refractivity contribution is 5.81. The molecule has 0 atom stereocenters. The van der Waals surface area contributed by atoms with Gasteiger partial charge in [-0.3, -0.25) is 4.79 Å². The summed E-state index contributed by atoms with van der Waals surface area (Å²) in [7, 11) is 0. The van der Waals surface area contributed by atoms with Crippen molar-refractivity contribution in [2.75, 3.05) is 0 Å². The van der Waals surface area contributed by atoms with Crippen LogP contribution in [-0.2, 0) is 17.9 Å². The summed E-state index contributed by atoms with van der Waals surface area (Å²) in [5.74, 6) is 0.530. The lowest BCUT2D eigenvalue weighted by Gasteiger charge is -2.13. The molecule has 1 fully saturated rings. The molecule has 5 nitrogen and oxygen atoms in total. The summed E-state index contributed by atoms with van der Waals surface area (Å²) in [5, 5.41) is 12.5. The van der Waals surface area contributed by atoms with Crippen LogP contribution in [0.3, 0.4) is 0 Å². The molecule has 0 aliphatic heterocycles. The first-order valence-electron chi connectivity index (χ1n) is 7.12. The van der Waals surface area contributed by atoms with Gasteiger partial charge in [0.15, 0.2) is 0 Å². The number of aromatic nitrogens is 2. The van der Waals surface area contributed by atoms with Crippen molar-refractivity contribution >= 4 is 16.9 Å². The Bertz CT molecular complexity index is 615. The number of para-hydroxylation sites is 2. The molecule has 0 spiro atoms. The third-order valence-corrected chi connectivity index (χ3v) is 3.90. The van der Waals surface area contributed by atoms with Crippen molar-refractivity contribution < 1.29 is 9.90 Å². The van der Waals surface area contributed by atoms with E-state index in [-0.39, 0.29) is 19.1 Å². The van der Waals surface area contributed by atoms with Crippen molar-refractivity contribution in [1.29, 1.82) is 0 Å². The Morgan fingerprint density at radius 1 is 1.35 bits per heavy atom. The summed E-state index contributed by atoms with van der Waals surface area (Å²) < 4.78 is 1.79. The number of hydrogen-bond acceptors (Lipinski definition) is 3. The lowest BCUT2D eigenvalue weighted by Crippen LogP contribution is -2.35. The summed E-state index contributed by atoms with van der Waals surface area (Å²) in [6, 6.07) is 7.94. The van der Waals surface area contributed by atoms with Crippen LogP contribution in [0.4, 0.5) is 0 Å². The van der Waals surface area contributed by atoms with Crippen LogP contribution < -0.4 is 5.32 Å². The topological polar surface area (TPSA) is 67.2 Å². The van der Waals surface area contributed by atoms with Crippen molar-refractivity contribution in [2.45, 2.75) is 44.9 Å². The SMILES string of the molecule is O=C(Cn1c(CO)nc2ccccc21)NC1CCCC1. The molecular formula is C15H19N3O2. The number of nitrogens with one attached hydrogen (secondary N) is 1. The molecule has 5 heteroatoms. The number of aliphatic hydroxyl groups excluding tert-OH is 1. The van der Waals surface area contributed by atoms with Crippen molar-refractivity contribution in [2.24, 2.45) is 0 Å². The van der Waals surface area contributed by atoms with Crippen LogP contribution in [-0.4, -0.2) is 26.6 Å². The molecule has 0 unspecified atom stereocenters. The third-order valence-electron chi connectivity index (χ3n) is 3.90. The number of aliphatic hydroxyl groups is 1. The van der Waals surface area contributed by atoms with Crippen molar-refractivity contribution in [3.8, 4) is 0 Å². The standard InChI is InChI=1S/C15H19N3O2/c19-10-14-17-12-7-3-4-8-13(12)18(14)9-15(20)16-11-5-1-2-6-11/h3-4,7-8,11,19H,1-2,5-6,9-10H2,(H,16,20). The lowest BCUT2D eigenvalue weighted by atomic mass is 10.2. The van der Waals surface area contributed by atoms with Gasteiger partial charge in [0.2, 0.25) is 5.91 Å². The molecule has 106 valence electrons. The van der Waals surface area contributed by atoms with Crippen molar-refractivity contribution in [3.05, 3.63) is 30.1 Å². The summed E-state index contributed by atoms with van der Waals surface area (Å²) in [6.07, 6.45) is 4.54. The molecule has 1 aliphatic carbocycles. The summed E-state index contributed by atoms with van der Waals surface area (Å²) >= 11 is 0. The van der Waals surface area contributed by atoms with Gasteiger partial charge in [0.05, 0.1) is 11.0 Å². The number of benzene rings is 1. The number of amides is 1. The minimum atomic E-state index is -0.161. The number of nitrogens with zero attached hydrogens (tertiary/aromatic N) is 2. The average Bonchev–Trinajstić information content (AvgIpc) is 3.07. The van der Waals surface area contributed by atoms with Gasteiger partial charge in [-0.05, 0) is 25.0 Å². The number of hydrogen-bond donors (Lipinski definition) is 2. The van der Waals surface area contributed by atoms with Gasteiger partial charge in [0.1, 0.15) is 19.0 Å². The van der Waals surface area contributed by atoms with Gasteiger partial charge < -0.3 is 15.0 Å². The fourth-order valence-corrected chi connectivity index (χ4v) is 2.91. The zero-order chi connectivity index (χ0) is 13.9. The molecule has 1 heterocycles. The molecule has 0 radical (unpaired) electrons. The predicted molar refractivity (Wildman–Crippen MR) is 76.1 cm³/mol. The van der Waals surface area contributed by atoms with Gasteiger partial charge >= 0.3 is 0 Å². The first-order valence-corrected chi connectivity index (χ1v) is 7.12. The maximum absolute atomic E-state index is 12.1. The number of carbonyl (C=O) groups is 1. The third kappa shape index (κ3) is 2.54. The van der Waals surface area contributed by atoms with Gasteiger partial charge in [0, 0.05) is 6.04 Å². The highest BCUT2D eigenvalue weighted by atomic mass is 16.3. The quantitative estimate of drug-likeness (QED) is 0.889. The molecule has 20 heavy (non-hydrogen) atoms. The zero-order valence-electron chi connectivity index (χ0n) is 11.4. The van der Waals surface area contributed by atoms with Crippen LogP contribution in [0.2, 0.25) is 0 Å². The fourth-order valence-electron chi connectivity index (χ4n) is 2.91. The molecule has 1 aromatic heterocycles. The Hall–Kier alpha value is -1.88. The predicted octanol–water partition coefficient (Wildman–Crippen LogP) is 1.59. The Balaban J connectivity index is 1.80. The Kier molecular flexibility index (Phi) is 3.69. The van der Waals surface area contributed by atoms with E-state index in [1.807, 2.05) is 24.3 Å². The monoisotopic (exact) mass is 273 g/mol. The van der Waals surface area contributed by atoms with E-state index in [2.05, 4.69) is 10.3 Å². The molecule has 1 amide bonds. The molecule has 0 bridgehead atoms. The number of imidazole rings is 1. The molecule has 1 aliphatic rings. The average molecular weight is 273 g/mol. The van der Waals surface area contributed by atoms with E-state index in [1.165, 1.54) is 12.8 Å². The van der Waals surface area contributed by atoms with Crippen molar-refractivity contribution in [3.63, 3.8) is 0 Å². The Morgan fingerprint density at radius 3 is 2.85 bits per heavy atom. The van der Waals surface area contributed by atoms with Crippen LogP contribution >= 0.6 is 0 Å². The second-order valence-corrected chi connectivity index (χ2v) is 5.31. The number of carbonyl (C=O) groups excluding carboxylic acids is 1. The van der Waals surface area contributed by atoms with E-state index in [0.717, 1.165) is 23.9 Å². The van der Waals surface area contributed by atoms with Crippen LogP contribution in [0.1, 0.15) is 31.5 Å². The van der Waals surface area contributed by atoms with Crippen LogP contribution in [0.5, 0.6) is 0 Å². The molecule has 2 aromatic rings. The highest BCUT2D eigenvalue weighted by Gasteiger charge is 2.18. The zero-order valence-corrected chi connectivity index (χ0v) is 11.4. The largest absolute Gasteiger partial charge is 0.388 e. The van der Waals surface area contributed by atoms with Gasteiger partial charge in [-0.15, -0.1) is 0 Å². The van der Waals surface area contributed by atoms with Crippen LogP contribution in [0, 0.1) is 0 Å². The normalized spacial score (nSPS) is 15.8. The van der Waals surface area contributed by atoms with Gasteiger partial charge in [-0.1, -0.05) is 25.0 Å². The molecular weight excluding hydrogens is 254 g/mol. The molecule has 1 aromatic carbocycles. The van der Waals surface area contributed by atoms with E-state index in [0.29, 0.717) is 11.9 Å². The Labute approximate surface area is 117 Å². The van der Waals surface area contributed by atoms with Gasteiger partial charge in [-0.2, -0.15) is 0 Å². The maximum Gasteiger partial charge on any atom is 0.240 e. The fraction of sp³-hybridized carbons (Fsp3) is 0.467. The van der Waals surface area contributed by atoms with Crippen LogP contribution in [0.25, 0.3) is 11.0 Å². The van der Waals surface area contributed by atoms with Crippen LogP contribution in [0.15, 0.2) is 24.3 Å². The van der Waals surface area contributed by atoms with E-state index >= 15 is 0 Å². The Morgan fingerprint density at radius 2 is 2.10 bits per heavy atom. The number of fused-ring (bicyclic) bond motifs is 1. The first kappa shape index (κ1) is 13.1. The smallest absolute Gasteiger partial charge is 0.240 e.